The second-order valence-corrected chi connectivity index (χ2v) is 6.12. The zero-order valence-corrected chi connectivity index (χ0v) is 12.4. The Bertz CT molecular complexity index is 524. The molecule has 1 aliphatic carbocycles. The van der Waals surface area contributed by atoms with E-state index in [0.717, 1.165) is 18.9 Å². The minimum absolute atomic E-state index is 0.102. The summed E-state index contributed by atoms with van der Waals surface area (Å²) >= 11 is 0. The number of piperidine rings is 1. The van der Waals surface area contributed by atoms with Gasteiger partial charge in [-0.05, 0) is 45.2 Å². The lowest BCUT2D eigenvalue weighted by molar-refractivity contribution is -0.385. The maximum atomic E-state index is 10.9. The summed E-state index contributed by atoms with van der Waals surface area (Å²) in [6, 6.07) is 2.93. The van der Waals surface area contributed by atoms with Gasteiger partial charge in [0, 0.05) is 24.2 Å². The Hall–Kier alpha value is -1.69. The average Bonchev–Trinajstić information content (AvgIpc) is 3.30. The third-order valence-corrected chi connectivity index (χ3v) is 4.38. The van der Waals surface area contributed by atoms with Crippen LogP contribution in [0.15, 0.2) is 12.3 Å². The predicted octanol–water partition coefficient (Wildman–Crippen LogP) is 2.41. The molecule has 6 heteroatoms. The topological polar surface area (TPSA) is 71.3 Å². The minimum Gasteiger partial charge on any atom is -0.352 e. The molecule has 2 aliphatic rings. The van der Waals surface area contributed by atoms with E-state index in [1.807, 2.05) is 6.07 Å². The standard InChI is InChI=1S/C15H22N4O2/c1-11-8-15(17-9-14(11)19(20)21)18(13-5-6-13)10-12-4-2-3-7-16-12/h8-9,12-13,16H,2-7,10H2,1H3. The number of anilines is 1. The lowest BCUT2D eigenvalue weighted by Crippen LogP contribution is -2.44. The third-order valence-electron chi connectivity index (χ3n) is 4.38. The molecule has 1 N–H and O–H groups in total. The van der Waals surface area contributed by atoms with Crippen LogP contribution in [0.1, 0.15) is 37.7 Å². The predicted molar refractivity (Wildman–Crippen MR) is 81.6 cm³/mol. The van der Waals surface area contributed by atoms with Gasteiger partial charge in [0.1, 0.15) is 12.0 Å². The highest BCUT2D eigenvalue weighted by molar-refractivity contribution is 5.50. The van der Waals surface area contributed by atoms with Crippen LogP contribution in [0.3, 0.4) is 0 Å². The SMILES string of the molecule is Cc1cc(N(CC2CCCCN2)C2CC2)ncc1[N+](=O)[O-]. The first-order valence-corrected chi connectivity index (χ1v) is 7.76. The average molecular weight is 290 g/mol. The smallest absolute Gasteiger partial charge is 0.290 e. The van der Waals surface area contributed by atoms with E-state index < -0.39 is 0 Å². The van der Waals surface area contributed by atoms with Gasteiger partial charge < -0.3 is 10.2 Å². The maximum Gasteiger partial charge on any atom is 0.290 e. The Kier molecular flexibility index (Phi) is 4.05. The molecule has 0 spiro atoms. The molecular formula is C15H22N4O2. The van der Waals surface area contributed by atoms with Crippen molar-refractivity contribution in [2.24, 2.45) is 0 Å². The molecule has 2 fully saturated rings. The van der Waals surface area contributed by atoms with E-state index in [1.54, 1.807) is 6.92 Å². The molecule has 0 aromatic carbocycles. The van der Waals surface area contributed by atoms with Crippen LogP contribution in [0.25, 0.3) is 0 Å². The summed E-state index contributed by atoms with van der Waals surface area (Å²) < 4.78 is 0. The van der Waals surface area contributed by atoms with E-state index in [-0.39, 0.29) is 10.6 Å². The number of hydrogen-bond acceptors (Lipinski definition) is 5. The highest BCUT2D eigenvalue weighted by atomic mass is 16.6. The van der Waals surface area contributed by atoms with E-state index in [4.69, 9.17) is 0 Å². The number of pyridine rings is 1. The second kappa shape index (κ2) is 5.97. The highest BCUT2D eigenvalue weighted by Gasteiger charge is 2.32. The van der Waals surface area contributed by atoms with Crippen LogP contribution in [0.2, 0.25) is 0 Å². The van der Waals surface area contributed by atoms with Gasteiger partial charge in [0.25, 0.3) is 5.69 Å². The Balaban J connectivity index is 1.77. The summed E-state index contributed by atoms with van der Waals surface area (Å²) in [4.78, 5) is 17.2. The molecule has 1 aromatic rings. The van der Waals surface area contributed by atoms with Crippen molar-refractivity contribution >= 4 is 11.5 Å². The zero-order chi connectivity index (χ0) is 14.8. The molecule has 114 valence electrons. The van der Waals surface area contributed by atoms with E-state index in [0.29, 0.717) is 17.6 Å². The van der Waals surface area contributed by atoms with Gasteiger partial charge in [0.15, 0.2) is 0 Å². The molecule has 1 aliphatic heterocycles. The maximum absolute atomic E-state index is 10.9. The van der Waals surface area contributed by atoms with Gasteiger partial charge in [-0.2, -0.15) is 0 Å². The molecule has 21 heavy (non-hydrogen) atoms. The molecule has 0 radical (unpaired) electrons. The van der Waals surface area contributed by atoms with Crippen molar-refractivity contribution in [3.63, 3.8) is 0 Å². The van der Waals surface area contributed by atoms with Gasteiger partial charge in [0.05, 0.1) is 4.92 Å². The number of rotatable bonds is 5. The lowest BCUT2D eigenvalue weighted by Gasteiger charge is -2.31. The summed E-state index contributed by atoms with van der Waals surface area (Å²) in [6.07, 6.45) is 7.54. The van der Waals surface area contributed by atoms with Crippen LogP contribution in [0.4, 0.5) is 11.5 Å². The van der Waals surface area contributed by atoms with Crippen molar-refractivity contribution in [2.75, 3.05) is 18.0 Å². The fourth-order valence-corrected chi connectivity index (χ4v) is 3.02. The van der Waals surface area contributed by atoms with Gasteiger partial charge in [-0.3, -0.25) is 10.1 Å². The fraction of sp³-hybridized carbons (Fsp3) is 0.667. The number of hydrogen-bond donors (Lipinski definition) is 1. The Morgan fingerprint density at radius 2 is 2.24 bits per heavy atom. The van der Waals surface area contributed by atoms with Gasteiger partial charge in [-0.1, -0.05) is 6.42 Å². The van der Waals surface area contributed by atoms with Crippen molar-refractivity contribution in [1.29, 1.82) is 0 Å². The van der Waals surface area contributed by atoms with Crippen molar-refractivity contribution in [3.05, 3.63) is 27.9 Å². The van der Waals surface area contributed by atoms with Crippen LogP contribution < -0.4 is 10.2 Å². The number of aromatic nitrogens is 1. The molecule has 1 atom stereocenters. The summed E-state index contributed by atoms with van der Waals surface area (Å²) in [5, 5.41) is 14.5. The van der Waals surface area contributed by atoms with E-state index in [1.165, 1.54) is 38.3 Å². The largest absolute Gasteiger partial charge is 0.352 e. The van der Waals surface area contributed by atoms with E-state index in [2.05, 4.69) is 15.2 Å². The van der Waals surface area contributed by atoms with Crippen molar-refractivity contribution < 1.29 is 4.92 Å². The lowest BCUT2D eigenvalue weighted by atomic mass is 10.0. The van der Waals surface area contributed by atoms with Gasteiger partial charge in [0.2, 0.25) is 0 Å². The monoisotopic (exact) mass is 290 g/mol. The van der Waals surface area contributed by atoms with Crippen molar-refractivity contribution in [1.82, 2.24) is 10.3 Å². The molecule has 1 saturated heterocycles. The Labute approximate surface area is 124 Å². The summed E-state index contributed by atoms with van der Waals surface area (Å²) in [5.74, 6) is 0.882. The number of nitrogens with one attached hydrogen (secondary N) is 1. The first-order valence-electron chi connectivity index (χ1n) is 7.76. The van der Waals surface area contributed by atoms with Crippen molar-refractivity contribution in [2.45, 2.75) is 51.1 Å². The van der Waals surface area contributed by atoms with E-state index >= 15 is 0 Å². The highest BCUT2D eigenvalue weighted by Crippen LogP contribution is 2.32. The van der Waals surface area contributed by atoms with Crippen LogP contribution in [0.5, 0.6) is 0 Å². The summed E-state index contributed by atoms with van der Waals surface area (Å²) in [5.41, 5.74) is 0.789. The summed E-state index contributed by atoms with van der Waals surface area (Å²) in [7, 11) is 0. The molecule has 1 aromatic heterocycles. The van der Waals surface area contributed by atoms with Crippen LogP contribution in [0, 0.1) is 17.0 Å². The molecule has 1 unspecified atom stereocenters. The van der Waals surface area contributed by atoms with Crippen LogP contribution in [-0.4, -0.2) is 35.1 Å². The minimum atomic E-state index is -0.365. The Morgan fingerprint density at radius 3 is 2.81 bits per heavy atom. The number of aryl methyl sites for hydroxylation is 1. The number of nitrogens with zero attached hydrogens (tertiary/aromatic N) is 3. The van der Waals surface area contributed by atoms with Gasteiger partial charge in [-0.15, -0.1) is 0 Å². The third kappa shape index (κ3) is 3.32. The molecule has 2 heterocycles. The van der Waals surface area contributed by atoms with Gasteiger partial charge >= 0.3 is 0 Å². The first kappa shape index (κ1) is 14.3. The van der Waals surface area contributed by atoms with E-state index in [9.17, 15) is 10.1 Å². The molecule has 3 rings (SSSR count). The first-order chi connectivity index (χ1) is 10.1. The summed E-state index contributed by atoms with van der Waals surface area (Å²) in [6.45, 7) is 3.83. The Morgan fingerprint density at radius 1 is 1.43 bits per heavy atom. The normalized spacial score (nSPS) is 22.0. The second-order valence-electron chi connectivity index (χ2n) is 6.12. The van der Waals surface area contributed by atoms with Crippen LogP contribution >= 0.6 is 0 Å². The molecule has 0 bridgehead atoms. The number of nitro groups is 1. The molecule has 1 saturated carbocycles. The molecular weight excluding hydrogens is 268 g/mol. The van der Waals surface area contributed by atoms with Crippen molar-refractivity contribution in [3.8, 4) is 0 Å². The zero-order valence-electron chi connectivity index (χ0n) is 12.4. The fourth-order valence-electron chi connectivity index (χ4n) is 3.02. The van der Waals surface area contributed by atoms with Gasteiger partial charge in [-0.25, -0.2) is 4.98 Å². The molecule has 0 amide bonds. The van der Waals surface area contributed by atoms with Crippen LogP contribution in [-0.2, 0) is 0 Å². The molecule has 6 nitrogen and oxygen atoms in total. The quantitative estimate of drug-likeness (QED) is 0.666.